The fraction of sp³-hybridized carbons (Fsp3) is 0.0833. The minimum absolute atomic E-state index is 0.717. The van der Waals surface area contributed by atoms with Crippen molar-refractivity contribution in [2.75, 3.05) is 0 Å². The summed E-state index contributed by atoms with van der Waals surface area (Å²) >= 11 is 1.56. The van der Waals surface area contributed by atoms with Crippen LogP contribution in [0.4, 0.5) is 0 Å². The normalized spacial score (nSPS) is 10.6. The van der Waals surface area contributed by atoms with Gasteiger partial charge < -0.3 is 0 Å². The van der Waals surface area contributed by atoms with Crippen molar-refractivity contribution < 1.29 is 0 Å². The van der Waals surface area contributed by atoms with Crippen molar-refractivity contribution in [3.05, 3.63) is 41.5 Å². The van der Waals surface area contributed by atoms with E-state index in [2.05, 4.69) is 45.3 Å². The lowest BCUT2D eigenvalue weighted by Gasteiger charge is -1.97. The van der Waals surface area contributed by atoms with E-state index in [0.717, 1.165) is 16.3 Å². The van der Waals surface area contributed by atoms with Crippen molar-refractivity contribution in [1.29, 1.82) is 0 Å². The van der Waals surface area contributed by atoms with Crippen molar-refractivity contribution in [3.63, 3.8) is 0 Å². The second kappa shape index (κ2) is 4.10. The molecule has 0 unspecified atom stereocenters. The van der Waals surface area contributed by atoms with Gasteiger partial charge in [-0.2, -0.15) is 5.10 Å². The largest absolute Gasteiger partial charge is 0.257 e. The molecule has 2 heterocycles. The first-order valence-corrected chi connectivity index (χ1v) is 6.09. The summed E-state index contributed by atoms with van der Waals surface area (Å²) in [6.07, 6.45) is 1.49. The van der Waals surface area contributed by atoms with Crippen LogP contribution in [0.2, 0.25) is 0 Å². The van der Waals surface area contributed by atoms with E-state index in [1.54, 1.807) is 11.3 Å². The number of aromatic amines is 1. The number of aromatic nitrogens is 4. The monoisotopic (exact) mass is 242 g/mol. The Labute approximate surface area is 102 Å². The SMILES string of the molecule is Cc1cccc(-c2csc(-c3ncn[nH]3)n2)c1. The maximum absolute atomic E-state index is 4.55. The molecule has 0 aliphatic carbocycles. The number of hydrogen-bond acceptors (Lipinski definition) is 4. The molecule has 1 aromatic carbocycles. The summed E-state index contributed by atoms with van der Waals surface area (Å²) in [4.78, 5) is 8.64. The third kappa shape index (κ3) is 1.97. The first kappa shape index (κ1) is 10.2. The van der Waals surface area contributed by atoms with Gasteiger partial charge in [-0.3, -0.25) is 5.10 Å². The maximum Gasteiger partial charge on any atom is 0.184 e. The molecule has 0 radical (unpaired) electrons. The first-order valence-electron chi connectivity index (χ1n) is 5.21. The summed E-state index contributed by atoms with van der Waals surface area (Å²) in [6.45, 7) is 2.08. The van der Waals surface area contributed by atoms with Crippen molar-refractivity contribution in [2.45, 2.75) is 6.92 Å². The standard InChI is InChI=1S/C12H10N4S/c1-8-3-2-4-9(5-8)10-6-17-12(15-10)11-13-7-14-16-11/h2-7H,1H3,(H,13,14,16). The van der Waals surface area contributed by atoms with Gasteiger partial charge in [-0.25, -0.2) is 9.97 Å². The van der Waals surface area contributed by atoms with Gasteiger partial charge in [-0.05, 0) is 13.0 Å². The number of nitrogens with one attached hydrogen (secondary N) is 1. The molecule has 2 aromatic heterocycles. The molecule has 0 aliphatic heterocycles. The van der Waals surface area contributed by atoms with Crippen molar-refractivity contribution >= 4 is 11.3 Å². The Morgan fingerprint density at radius 3 is 3.00 bits per heavy atom. The zero-order valence-corrected chi connectivity index (χ0v) is 10.0. The Hall–Kier alpha value is -2.01. The highest BCUT2D eigenvalue weighted by Gasteiger charge is 2.08. The minimum atomic E-state index is 0.717. The number of aryl methyl sites for hydroxylation is 1. The van der Waals surface area contributed by atoms with Crippen LogP contribution in [0.1, 0.15) is 5.56 Å². The number of thiazole rings is 1. The molecule has 0 atom stereocenters. The van der Waals surface area contributed by atoms with Gasteiger partial charge in [-0.1, -0.05) is 23.8 Å². The van der Waals surface area contributed by atoms with Gasteiger partial charge in [0, 0.05) is 10.9 Å². The van der Waals surface area contributed by atoms with Crippen LogP contribution >= 0.6 is 11.3 Å². The van der Waals surface area contributed by atoms with Gasteiger partial charge in [0.2, 0.25) is 0 Å². The molecule has 0 fully saturated rings. The molecular weight excluding hydrogens is 232 g/mol. The molecule has 0 amide bonds. The molecule has 3 aromatic rings. The summed E-state index contributed by atoms with van der Waals surface area (Å²) in [7, 11) is 0. The summed E-state index contributed by atoms with van der Waals surface area (Å²) in [5.41, 5.74) is 3.34. The second-order valence-corrected chi connectivity index (χ2v) is 4.60. The molecule has 0 spiro atoms. The van der Waals surface area contributed by atoms with Crippen LogP contribution in [-0.2, 0) is 0 Å². The van der Waals surface area contributed by atoms with Gasteiger partial charge in [-0.15, -0.1) is 11.3 Å². The van der Waals surface area contributed by atoms with E-state index in [0.29, 0.717) is 5.82 Å². The van der Waals surface area contributed by atoms with Gasteiger partial charge in [0.05, 0.1) is 5.69 Å². The number of H-pyrrole nitrogens is 1. The Morgan fingerprint density at radius 1 is 1.29 bits per heavy atom. The van der Waals surface area contributed by atoms with Gasteiger partial charge in [0.15, 0.2) is 10.8 Å². The van der Waals surface area contributed by atoms with Crippen molar-refractivity contribution in [3.8, 4) is 22.1 Å². The lowest BCUT2D eigenvalue weighted by Crippen LogP contribution is -1.82. The zero-order valence-electron chi connectivity index (χ0n) is 9.21. The van der Waals surface area contributed by atoms with Crippen LogP contribution in [0.25, 0.3) is 22.1 Å². The minimum Gasteiger partial charge on any atom is -0.257 e. The first-order chi connectivity index (χ1) is 8.33. The molecule has 4 nitrogen and oxygen atoms in total. The summed E-state index contributed by atoms with van der Waals surface area (Å²) in [5, 5.41) is 9.54. The molecular formula is C12H10N4S. The lowest BCUT2D eigenvalue weighted by atomic mass is 10.1. The fourth-order valence-electron chi connectivity index (χ4n) is 1.63. The number of benzene rings is 1. The quantitative estimate of drug-likeness (QED) is 0.751. The average molecular weight is 242 g/mol. The Kier molecular flexibility index (Phi) is 2.45. The number of rotatable bonds is 2. The molecule has 0 saturated carbocycles. The summed E-state index contributed by atoms with van der Waals surface area (Å²) in [5.74, 6) is 0.717. The van der Waals surface area contributed by atoms with Crippen LogP contribution in [0.3, 0.4) is 0 Å². The molecule has 0 saturated heterocycles. The third-order valence-electron chi connectivity index (χ3n) is 2.44. The highest BCUT2D eigenvalue weighted by Crippen LogP contribution is 2.26. The van der Waals surface area contributed by atoms with Gasteiger partial charge in [0.1, 0.15) is 6.33 Å². The predicted octanol–water partition coefficient (Wildman–Crippen LogP) is 2.90. The van der Waals surface area contributed by atoms with Crippen molar-refractivity contribution in [1.82, 2.24) is 20.2 Å². The zero-order chi connectivity index (χ0) is 11.7. The topological polar surface area (TPSA) is 54.5 Å². The van der Waals surface area contributed by atoms with E-state index in [1.807, 2.05) is 11.4 Å². The van der Waals surface area contributed by atoms with Gasteiger partial charge >= 0.3 is 0 Å². The molecule has 1 N–H and O–H groups in total. The Balaban J connectivity index is 2.01. The van der Waals surface area contributed by atoms with Gasteiger partial charge in [0.25, 0.3) is 0 Å². The van der Waals surface area contributed by atoms with Crippen LogP contribution in [0, 0.1) is 6.92 Å². The van der Waals surface area contributed by atoms with Crippen LogP contribution in [-0.4, -0.2) is 20.2 Å². The van der Waals surface area contributed by atoms with E-state index < -0.39 is 0 Å². The van der Waals surface area contributed by atoms with E-state index in [4.69, 9.17) is 0 Å². The molecule has 5 heteroatoms. The summed E-state index contributed by atoms with van der Waals surface area (Å²) < 4.78 is 0. The highest BCUT2D eigenvalue weighted by atomic mass is 32.1. The smallest absolute Gasteiger partial charge is 0.184 e. The number of hydrogen-bond donors (Lipinski definition) is 1. The van der Waals surface area contributed by atoms with Crippen LogP contribution < -0.4 is 0 Å². The molecule has 17 heavy (non-hydrogen) atoms. The molecule has 0 bridgehead atoms. The Bertz CT molecular complexity index is 628. The number of nitrogens with zero attached hydrogens (tertiary/aromatic N) is 3. The lowest BCUT2D eigenvalue weighted by molar-refractivity contribution is 1.09. The van der Waals surface area contributed by atoms with E-state index >= 15 is 0 Å². The third-order valence-corrected chi connectivity index (χ3v) is 3.28. The molecule has 84 valence electrons. The molecule has 3 rings (SSSR count). The highest BCUT2D eigenvalue weighted by molar-refractivity contribution is 7.13. The van der Waals surface area contributed by atoms with E-state index in [9.17, 15) is 0 Å². The van der Waals surface area contributed by atoms with E-state index in [1.165, 1.54) is 11.9 Å². The van der Waals surface area contributed by atoms with Crippen LogP contribution in [0.15, 0.2) is 36.0 Å². The predicted molar refractivity (Wildman–Crippen MR) is 67.7 cm³/mol. The fourth-order valence-corrected chi connectivity index (χ4v) is 2.40. The summed E-state index contributed by atoms with van der Waals surface area (Å²) in [6, 6.07) is 8.30. The van der Waals surface area contributed by atoms with E-state index in [-0.39, 0.29) is 0 Å². The Morgan fingerprint density at radius 2 is 2.24 bits per heavy atom. The van der Waals surface area contributed by atoms with Crippen LogP contribution in [0.5, 0.6) is 0 Å². The average Bonchev–Trinajstić information content (AvgIpc) is 3.00. The maximum atomic E-state index is 4.55. The van der Waals surface area contributed by atoms with Crippen molar-refractivity contribution in [2.24, 2.45) is 0 Å². The second-order valence-electron chi connectivity index (χ2n) is 3.74. The molecule has 0 aliphatic rings.